The molecule has 3 N–H and O–H groups in total. The topological polar surface area (TPSA) is 83.4 Å². The third kappa shape index (κ3) is 4.93. The van der Waals surface area contributed by atoms with Gasteiger partial charge in [-0.25, -0.2) is 5.48 Å². The van der Waals surface area contributed by atoms with Crippen LogP contribution in [-0.4, -0.2) is 21.6 Å². The summed E-state index contributed by atoms with van der Waals surface area (Å²) in [5, 5.41) is 12.4. The Morgan fingerprint density at radius 1 is 0.818 bits per heavy atom. The lowest BCUT2D eigenvalue weighted by atomic mass is 10.1. The van der Waals surface area contributed by atoms with Gasteiger partial charge >= 0.3 is 0 Å². The van der Waals surface area contributed by atoms with Crippen molar-refractivity contribution >= 4 is 35.0 Å². The van der Waals surface area contributed by atoms with Crippen LogP contribution in [0, 0.1) is 0 Å². The van der Waals surface area contributed by atoms with Crippen LogP contribution in [0.3, 0.4) is 0 Å². The van der Waals surface area contributed by atoms with Crippen LogP contribution in [0.5, 0.6) is 0 Å². The monoisotopic (exact) mass is 479 g/mol. The van der Waals surface area contributed by atoms with Crippen molar-refractivity contribution in [1.82, 2.24) is 15.4 Å². The second kappa shape index (κ2) is 9.92. The highest BCUT2D eigenvalue weighted by Gasteiger charge is 2.18. The molecule has 1 aromatic heterocycles. The van der Waals surface area contributed by atoms with E-state index in [1.165, 1.54) is 0 Å². The van der Waals surface area contributed by atoms with Crippen LogP contribution in [0.25, 0.3) is 16.9 Å². The molecule has 0 aliphatic carbocycles. The smallest absolute Gasteiger partial charge is 0.274 e. The molecule has 4 aromatic rings. The lowest BCUT2D eigenvalue weighted by Crippen LogP contribution is -2.25. The van der Waals surface area contributed by atoms with Gasteiger partial charge in [-0.1, -0.05) is 65.7 Å². The number of carbonyl (C=O) groups excluding carboxylic acids is 2. The molecule has 0 fully saturated rings. The summed E-state index contributed by atoms with van der Waals surface area (Å²) < 4.78 is 1.83. The van der Waals surface area contributed by atoms with Gasteiger partial charge < -0.3 is 9.88 Å². The molecule has 1 heterocycles. The molecule has 0 saturated carbocycles. The molecular weight excluding hydrogens is 461 g/mol. The fourth-order valence-corrected chi connectivity index (χ4v) is 3.75. The molecule has 6 nitrogen and oxygen atoms in total. The molecule has 0 aliphatic heterocycles. The summed E-state index contributed by atoms with van der Waals surface area (Å²) in [7, 11) is 0. The van der Waals surface area contributed by atoms with Crippen LogP contribution >= 0.6 is 23.2 Å². The van der Waals surface area contributed by atoms with Crippen LogP contribution in [0.4, 0.5) is 0 Å². The van der Waals surface area contributed by atoms with E-state index in [0.29, 0.717) is 27.0 Å². The van der Waals surface area contributed by atoms with Crippen LogP contribution in [0.1, 0.15) is 26.4 Å². The zero-order chi connectivity index (χ0) is 23.4. The third-order valence-corrected chi connectivity index (χ3v) is 5.85. The fraction of sp³-hybridized carbons (Fsp3) is 0.0400. The van der Waals surface area contributed by atoms with E-state index in [1.807, 2.05) is 47.0 Å². The maximum absolute atomic E-state index is 13.1. The largest absolute Gasteiger partial charge is 0.347 e. The number of rotatable bonds is 6. The number of amides is 2. The Kier molecular flexibility index (Phi) is 6.79. The Bertz CT molecular complexity index is 1300. The van der Waals surface area contributed by atoms with Crippen LogP contribution in [-0.2, 0) is 6.54 Å². The molecule has 166 valence electrons. The number of halogens is 2. The van der Waals surface area contributed by atoms with E-state index in [0.717, 1.165) is 16.8 Å². The molecule has 0 bridgehead atoms. The third-order valence-electron chi connectivity index (χ3n) is 5.12. The quantitative estimate of drug-likeness (QED) is 0.252. The Morgan fingerprint density at radius 2 is 1.55 bits per heavy atom. The highest BCUT2D eigenvalue weighted by molar-refractivity contribution is 6.42. The first-order chi connectivity index (χ1) is 16.0. The highest BCUT2D eigenvalue weighted by Crippen LogP contribution is 2.30. The Labute approximate surface area is 200 Å². The number of nitrogens with one attached hydrogen (secondary N) is 2. The second-order valence-electron chi connectivity index (χ2n) is 7.22. The first-order valence-corrected chi connectivity index (χ1v) is 10.8. The molecule has 0 spiro atoms. The van der Waals surface area contributed by atoms with Gasteiger partial charge in [0.05, 0.1) is 15.7 Å². The number of hydrogen-bond acceptors (Lipinski definition) is 3. The first-order valence-electron chi connectivity index (χ1n) is 10.0. The molecule has 4 rings (SSSR count). The van der Waals surface area contributed by atoms with Crippen LogP contribution in [0.15, 0.2) is 84.9 Å². The first kappa shape index (κ1) is 22.6. The van der Waals surface area contributed by atoms with E-state index < -0.39 is 5.91 Å². The van der Waals surface area contributed by atoms with Crippen molar-refractivity contribution in [3.8, 4) is 16.9 Å². The summed E-state index contributed by atoms with van der Waals surface area (Å²) in [5.74, 6) is -0.876. The molecule has 3 aromatic carbocycles. The molecule has 0 saturated heterocycles. The molecule has 2 amide bonds. The summed E-state index contributed by atoms with van der Waals surface area (Å²) in [6.45, 7) is 0.257. The second-order valence-corrected chi connectivity index (χ2v) is 8.04. The van der Waals surface area contributed by atoms with Gasteiger partial charge in [-0.3, -0.25) is 14.8 Å². The summed E-state index contributed by atoms with van der Waals surface area (Å²) in [6, 6.07) is 25.1. The van der Waals surface area contributed by atoms with Gasteiger partial charge in [-0.2, -0.15) is 0 Å². The summed E-state index contributed by atoms with van der Waals surface area (Å²) >= 11 is 12.4. The zero-order valence-electron chi connectivity index (χ0n) is 17.3. The summed E-state index contributed by atoms with van der Waals surface area (Å²) in [5.41, 5.74) is 5.62. The minimum atomic E-state index is -0.599. The van der Waals surface area contributed by atoms with Gasteiger partial charge in [-0.05, 0) is 53.6 Å². The molecular formula is C25H19Cl2N3O3. The van der Waals surface area contributed by atoms with E-state index in [-0.39, 0.29) is 12.5 Å². The van der Waals surface area contributed by atoms with Gasteiger partial charge in [0.1, 0.15) is 5.69 Å². The maximum Gasteiger partial charge on any atom is 0.274 e. The lowest BCUT2D eigenvalue weighted by molar-refractivity contribution is 0.0706. The number of carbonyl (C=O) groups is 2. The van der Waals surface area contributed by atoms with Gasteiger partial charge in [0.15, 0.2) is 0 Å². The predicted octanol–water partition coefficient (Wildman–Crippen LogP) is 5.50. The van der Waals surface area contributed by atoms with Crippen molar-refractivity contribution in [2.75, 3.05) is 0 Å². The van der Waals surface area contributed by atoms with E-state index in [2.05, 4.69) is 5.32 Å². The number of benzene rings is 3. The van der Waals surface area contributed by atoms with Crippen LogP contribution in [0.2, 0.25) is 10.0 Å². The van der Waals surface area contributed by atoms with E-state index in [4.69, 9.17) is 28.4 Å². The normalized spacial score (nSPS) is 10.6. The molecule has 0 aliphatic rings. The van der Waals surface area contributed by atoms with Gasteiger partial charge in [-0.15, -0.1) is 0 Å². The van der Waals surface area contributed by atoms with E-state index >= 15 is 0 Å². The van der Waals surface area contributed by atoms with Gasteiger partial charge in [0, 0.05) is 17.8 Å². The highest BCUT2D eigenvalue weighted by atomic mass is 35.5. The van der Waals surface area contributed by atoms with Crippen LogP contribution < -0.4 is 10.8 Å². The van der Waals surface area contributed by atoms with Crippen molar-refractivity contribution in [2.45, 2.75) is 6.54 Å². The summed E-state index contributed by atoms with van der Waals surface area (Å²) in [6.07, 6.45) is 0. The standard InChI is InChI=1S/C25H19Cl2N3O3/c26-20-11-10-19(14-21(20)27)30-22(17-4-2-1-3-5-17)12-13-23(30)25(32)28-15-16-6-8-18(9-7-16)24(31)29-33/h1-14,33H,15H2,(H,28,32)(H,29,31). The van der Waals surface area contributed by atoms with Crippen molar-refractivity contribution in [3.63, 3.8) is 0 Å². The van der Waals surface area contributed by atoms with E-state index in [9.17, 15) is 9.59 Å². The number of aromatic nitrogens is 1. The van der Waals surface area contributed by atoms with Crippen molar-refractivity contribution in [2.24, 2.45) is 0 Å². The minimum absolute atomic E-state index is 0.257. The lowest BCUT2D eigenvalue weighted by Gasteiger charge is -2.15. The molecule has 0 unspecified atom stereocenters. The van der Waals surface area contributed by atoms with Crippen molar-refractivity contribution < 1.29 is 14.8 Å². The molecule has 0 radical (unpaired) electrons. The van der Waals surface area contributed by atoms with E-state index in [1.54, 1.807) is 47.9 Å². The Morgan fingerprint density at radius 3 is 2.21 bits per heavy atom. The predicted molar refractivity (Wildman–Crippen MR) is 128 cm³/mol. The van der Waals surface area contributed by atoms with Crippen molar-refractivity contribution in [3.05, 3.63) is 112 Å². The zero-order valence-corrected chi connectivity index (χ0v) is 18.8. The molecule has 8 heteroatoms. The summed E-state index contributed by atoms with van der Waals surface area (Å²) in [4.78, 5) is 24.6. The van der Waals surface area contributed by atoms with Gasteiger partial charge in [0.2, 0.25) is 0 Å². The number of hydrogen-bond donors (Lipinski definition) is 3. The Balaban J connectivity index is 1.64. The van der Waals surface area contributed by atoms with Gasteiger partial charge in [0.25, 0.3) is 11.8 Å². The van der Waals surface area contributed by atoms with Crippen molar-refractivity contribution in [1.29, 1.82) is 0 Å². The fourth-order valence-electron chi connectivity index (χ4n) is 3.46. The Hall–Kier alpha value is -3.58. The number of hydroxylamine groups is 1. The number of nitrogens with zero attached hydrogens (tertiary/aromatic N) is 1. The molecule has 33 heavy (non-hydrogen) atoms. The maximum atomic E-state index is 13.1. The minimum Gasteiger partial charge on any atom is -0.347 e. The SMILES string of the molecule is O=C(NO)c1ccc(CNC(=O)c2ccc(-c3ccccc3)n2-c2ccc(Cl)c(Cl)c2)cc1. The molecule has 0 atom stereocenters. The average Bonchev–Trinajstić information content (AvgIpc) is 3.30. The average molecular weight is 480 g/mol.